The highest BCUT2D eigenvalue weighted by atomic mass is 16.5. The standard InChI is InChI=1S/C17H27N3O4/c1-12(2)11-24-17(22)18-14-9-13(7-8-15(14)23-6)20(5)16(21)10-19(3)4/h7-9,12H,10-11H2,1-6H3,(H,18,22). The SMILES string of the molecule is COc1ccc(N(C)C(=O)CN(C)C)cc1NC(=O)OCC(C)C. The molecule has 0 heterocycles. The van der Waals surface area contributed by atoms with Gasteiger partial charge in [-0.2, -0.15) is 0 Å². The van der Waals surface area contributed by atoms with E-state index in [1.165, 1.54) is 12.0 Å². The van der Waals surface area contributed by atoms with E-state index in [-0.39, 0.29) is 11.8 Å². The summed E-state index contributed by atoms with van der Waals surface area (Å²) in [6, 6.07) is 5.15. The highest BCUT2D eigenvalue weighted by Gasteiger charge is 2.15. The maximum absolute atomic E-state index is 12.2. The van der Waals surface area contributed by atoms with Crippen LogP contribution in [-0.4, -0.2) is 58.3 Å². The fourth-order valence-corrected chi connectivity index (χ4v) is 1.91. The molecule has 0 atom stereocenters. The summed E-state index contributed by atoms with van der Waals surface area (Å²) in [7, 11) is 6.87. The summed E-state index contributed by atoms with van der Waals surface area (Å²) < 4.78 is 10.4. The van der Waals surface area contributed by atoms with Gasteiger partial charge in [-0.1, -0.05) is 13.8 Å². The van der Waals surface area contributed by atoms with E-state index in [0.29, 0.717) is 30.3 Å². The number of nitrogens with zero attached hydrogens (tertiary/aromatic N) is 2. The first-order valence-electron chi connectivity index (χ1n) is 7.77. The van der Waals surface area contributed by atoms with Gasteiger partial charge in [0, 0.05) is 12.7 Å². The Hall–Kier alpha value is -2.28. The lowest BCUT2D eigenvalue weighted by Gasteiger charge is -2.21. The number of rotatable bonds is 7. The lowest BCUT2D eigenvalue weighted by Crippen LogP contribution is -2.35. The number of benzene rings is 1. The van der Waals surface area contributed by atoms with Crippen molar-refractivity contribution in [1.29, 1.82) is 0 Å². The van der Waals surface area contributed by atoms with Gasteiger partial charge in [0.05, 0.1) is 25.9 Å². The third-order valence-corrected chi connectivity index (χ3v) is 3.18. The molecule has 1 aromatic carbocycles. The normalized spacial score (nSPS) is 10.7. The molecule has 0 aliphatic carbocycles. The molecule has 0 radical (unpaired) electrons. The quantitative estimate of drug-likeness (QED) is 0.827. The van der Waals surface area contributed by atoms with E-state index in [1.807, 2.05) is 27.9 Å². The molecule has 0 saturated heterocycles. The van der Waals surface area contributed by atoms with Gasteiger partial charge in [-0.25, -0.2) is 4.79 Å². The zero-order valence-electron chi connectivity index (χ0n) is 15.3. The Morgan fingerprint density at radius 3 is 2.42 bits per heavy atom. The van der Waals surface area contributed by atoms with Crippen molar-refractivity contribution >= 4 is 23.4 Å². The predicted molar refractivity (Wildman–Crippen MR) is 94.8 cm³/mol. The van der Waals surface area contributed by atoms with Crippen molar-refractivity contribution < 1.29 is 19.1 Å². The highest BCUT2D eigenvalue weighted by molar-refractivity contribution is 5.96. The van der Waals surface area contributed by atoms with E-state index in [1.54, 1.807) is 30.1 Å². The average Bonchev–Trinajstić information content (AvgIpc) is 2.51. The van der Waals surface area contributed by atoms with Crippen LogP contribution in [0, 0.1) is 5.92 Å². The van der Waals surface area contributed by atoms with E-state index in [9.17, 15) is 9.59 Å². The smallest absolute Gasteiger partial charge is 0.411 e. The summed E-state index contributed by atoms with van der Waals surface area (Å²) in [6.45, 7) is 4.54. The number of likely N-dealkylation sites (N-methyl/N-ethyl adjacent to an activating group) is 2. The second-order valence-electron chi connectivity index (χ2n) is 6.19. The van der Waals surface area contributed by atoms with Crippen LogP contribution in [0.2, 0.25) is 0 Å². The Balaban J connectivity index is 2.91. The van der Waals surface area contributed by atoms with Crippen LogP contribution in [0.1, 0.15) is 13.8 Å². The van der Waals surface area contributed by atoms with Crippen LogP contribution >= 0.6 is 0 Å². The van der Waals surface area contributed by atoms with Crippen LogP contribution in [0.3, 0.4) is 0 Å². The van der Waals surface area contributed by atoms with Crippen molar-refractivity contribution in [1.82, 2.24) is 4.90 Å². The largest absolute Gasteiger partial charge is 0.495 e. The van der Waals surface area contributed by atoms with Gasteiger partial charge < -0.3 is 19.3 Å². The summed E-state index contributed by atoms with van der Waals surface area (Å²) in [5.74, 6) is 0.686. The zero-order chi connectivity index (χ0) is 18.3. The number of methoxy groups -OCH3 is 1. The van der Waals surface area contributed by atoms with Crippen molar-refractivity contribution in [2.75, 3.05) is 51.6 Å². The summed E-state index contributed by atoms with van der Waals surface area (Å²) in [4.78, 5) is 27.4. The molecular formula is C17H27N3O4. The van der Waals surface area contributed by atoms with Gasteiger partial charge in [0.2, 0.25) is 5.91 Å². The fourth-order valence-electron chi connectivity index (χ4n) is 1.91. The molecule has 0 aliphatic heterocycles. The highest BCUT2D eigenvalue weighted by Crippen LogP contribution is 2.29. The fraction of sp³-hybridized carbons (Fsp3) is 0.529. The van der Waals surface area contributed by atoms with Crippen LogP contribution < -0.4 is 15.0 Å². The summed E-state index contributed by atoms with van der Waals surface area (Å²) >= 11 is 0. The van der Waals surface area contributed by atoms with Gasteiger partial charge in [-0.3, -0.25) is 10.1 Å². The Morgan fingerprint density at radius 1 is 1.21 bits per heavy atom. The molecule has 0 saturated carbocycles. The van der Waals surface area contributed by atoms with Crippen LogP contribution in [0.25, 0.3) is 0 Å². The van der Waals surface area contributed by atoms with Crippen molar-refractivity contribution in [3.8, 4) is 5.75 Å². The lowest BCUT2D eigenvalue weighted by molar-refractivity contribution is -0.118. The van der Waals surface area contributed by atoms with Crippen LogP contribution in [0.5, 0.6) is 5.75 Å². The van der Waals surface area contributed by atoms with E-state index < -0.39 is 6.09 Å². The lowest BCUT2D eigenvalue weighted by atomic mass is 10.2. The molecule has 134 valence electrons. The zero-order valence-corrected chi connectivity index (χ0v) is 15.3. The Labute approximate surface area is 143 Å². The molecule has 0 unspecified atom stereocenters. The number of hydrogen-bond acceptors (Lipinski definition) is 5. The summed E-state index contributed by atoms with van der Waals surface area (Å²) in [5.41, 5.74) is 1.11. The molecule has 1 N–H and O–H groups in total. The second-order valence-corrected chi connectivity index (χ2v) is 6.19. The third-order valence-electron chi connectivity index (χ3n) is 3.18. The molecule has 0 aliphatic rings. The van der Waals surface area contributed by atoms with Crippen LogP contribution in [-0.2, 0) is 9.53 Å². The summed E-state index contributed by atoms with van der Waals surface area (Å²) in [5, 5.41) is 2.66. The molecule has 0 bridgehead atoms. The molecule has 2 amide bonds. The Morgan fingerprint density at radius 2 is 1.88 bits per heavy atom. The van der Waals surface area contributed by atoms with Gasteiger partial charge in [0.15, 0.2) is 0 Å². The average molecular weight is 337 g/mol. The van der Waals surface area contributed by atoms with Crippen LogP contribution in [0.15, 0.2) is 18.2 Å². The van der Waals surface area contributed by atoms with Gasteiger partial charge in [-0.05, 0) is 38.2 Å². The van der Waals surface area contributed by atoms with Crippen molar-refractivity contribution in [2.45, 2.75) is 13.8 Å². The van der Waals surface area contributed by atoms with Crippen LogP contribution in [0.4, 0.5) is 16.2 Å². The number of amides is 2. The maximum atomic E-state index is 12.2. The van der Waals surface area contributed by atoms with E-state index in [2.05, 4.69) is 5.32 Å². The molecule has 7 heteroatoms. The first-order valence-corrected chi connectivity index (χ1v) is 7.77. The molecule has 0 spiro atoms. The molecule has 7 nitrogen and oxygen atoms in total. The molecule has 1 rings (SSSR count). The number of ether oxygens (including phenoxy) is 2. The topological polar surface area (TPSA) is 71.1 Å². The van der Waals surface area contributed by atoms with Crippen molar-refractivity contribution in [2.24, 2.45) is 5.92 Å². The molecule has 24 heavy (non-hydrogen) atoms. The van der Waals surface area contributed by atoms with Crippen molar-refractivity contribution in [3.05, 3.63) is 18.2 Å². The van der Waals surface area contributed by atoms with Crippen molar-refractivity contribution in [3.63, 3.8) is 0 Å². The molecular weight excluding hydrogens is 310 g/mol. The number of carbonyl (C=O) groups excluding carboxylic acids is 2. The number of hydrogen-bond donors (Lipinski definition) is 1. The predicted octanol–water partition coefficient (Wildman–Crippen LogP) is 2.42. The minimum absolute atomic E-state index is 0.0569. The van der Waals surface area contributed by atoms with Gasteiger partial charge in [0.25, 0.3) is 0 Å². The maximum Gasteiger partial charge on any atom is 0.411 e. The van der Waals surface area contributed by atoms with Gasteiger partial charge >= 0.3 is 6.09 Å². The van der Waals surface area contributed by atoms with Gasteiger partial charge in [0.1, 0.15) is 5.75 Å². The number of nitrogens with one attached hydrogen (secondary N) is 1. The number of anilines is 2. The molecule has 1 aromatic rings. The van der Waals surface area contributed by atoms with E-state index >= 15 is 0 Å². The first-order chi connectivity index (χ1) is 11.2. The Bertz CT molecular complexity index is 573. The second kappa shape index (κ2) is 9.12. The minimum Gasteiger partial charge on any atom is -0.495 e. The number of carbonyl (C=O) groups is 2. The summed E-state index contributed by atoms with van der Waals surface area (Å²) in [6.07, 6.45) is -0.554. The van der Waals surface area contributed by atoms with E-state index in [4.69, 9.17) is 9.47 Å². The molecule has 0 aromatic heterocycles. The minimum atomic E-state index is -0.554. The molecule has 0 fully saturated rings. The monoisotopic (exact) mass is 337 g/mol. The first kappa shape index (κ1) is 19.8. The van der Waals surface area contributed by atoms with Gasteiger partial charge in [-0.15, -0.1) is 0 Å². The Kier molecular flexibility index (Phi) is 7.51. The van der Waals surface area contributed by atoms with E-state index in [0.717, 1.165) is 0 Å². The third kappa shape index (κ3) is 6.08.